The summed E-state index contributed by atoms with van der Waals surface area (Å²) in [6.07, 6.45) is 2.09. The Morgan fingerprint density at radius 1 is 1.47 bits per heavy atom. The SMILES string of the molecule is CC1CCCNC1C(=O)N(CC(=O)O)C(C)C. The van der Waals surface area contributed by atoms with Crippen molar-refractivity contribution in [2.45, 2.75) is 45.7 Å². The number of nitrogens with one attached hydrogen (secondary N) is 1. The van der Waals surface area contributed by atoms with Gasteiger partial charge >= 0.3 is 5.97 Å². The summed E-state index contributed by atoms with van der Waals surface area (Å²) >= 11 is 0. The molecule has 17 heavy (non-hydrogen) atoms. The number of rotatable bonds is 4. The van der Waals surface area contributed by atoms with Crippen LogP contribution in [0.2, 0.25) is 0 Å². The van der Waals surface area contributed by atoms with E-state index in [0.29, 0.717) is 0 Å². The number of carbonyl (C=O) groups is 2. The third-order valence-corrected chi connectivity index (χ3v) is 3.25. The highest BCUT2D eigenvalue weighted by Crippen LogP contribution is 2.18. The Bertz CT molecular complexity index is 291. The molecule has 5 nitrogen and oxygen atoms in total. The maximum Gasteiger partial charge on any atom is 0.323 e. The zero-order chi connectivity index (χ0) is 13.0. The van der Waals surface area contributed by atoms with E-state index in [-0.39, 0.29) is 30.5 Å². The molecular weight excluding hydrogens is 220 g/mol. The maximum absolute atomic E-state index is 12.3. The molecule has 0 aromatic carbocycles. The molecule has 0 spiro atoms. The highest BCUT2D eigenvalue weighted by Gasteiger charge is 2.32. The first kappa shape index (κ1) is 14.0. The van der Waals surface area contributed by atoms with Gasteiger partial charge in [-0.3, -0.25) is 9.59 Å². The van der Waals surface area contributed by atoms with Crippen LogP contribution in [0.15, 0.2) is 0 Å². The van der Waals surface area contributed by atoms with Crippen LogP contribution in [0.4, 0.5) is 0 Å². The van der Waals surface area contributed by atoms with Gasteiger partial charge in [0.1, 0.15) is 6.54 Å². The summed E-state index contributed by atoms with van der Waals surface area (Å²) in [5.74, 6) is -0.781. The highest BCUT2D eigenvalue weighted by molar-refractivity contribution is 5.86. The zero-order valence-corrected chi connectivity index (χ0v) is 10.8. The van der Waals surface area contributed by atoms with Gasteiger partial charge in [0.05, 0.1) is 6.04 Å². The number of piperidine rings is 1. The predicted octanol–water partition coefficient (Wildman–Crippen LogP) is 0.696. The second-order valence-electron chi connectivity index (χ2n) is 5.00. The number of amides is 1. The van der Waals surface area contributed by atoms with Gasteiger partial charge in [0.25, 0.3) is 0 Å². The number of carboxylic acid groups (broad SMARTS) is 1. The second kappa shape index (κ2) is 6.00. The van der Waals surface area contributed by atoms with E-state index in [4.69, 9.17) is 5.11 Å². The van der Waals surface area contributed by atoms with E-state index in [1.807, 2.05) is 20.8 Å². The summed E-state index contributed by atoms with van der Waals surface area (Å²) in [7, 11) is 0. The minimum Gasteiger partial charge on any atom is -0.480 e. The topological polar surface area (TPSA) is 69.6 Å². The third-order valence-electron chi connectivity index (χ3n) is 3.25. The molecule has 0 aromatic heterocycles. The van der Waals surface area contributed by atoms with E-state index in [1.165, 1.54) is 4.90 Å². The van der Waals surface area contributed by atoms with Crippen molar-refractivity contribution in [3.63, 3.8) is 0 Å². The van der Waals surface area contributed by atoms with Crippen molar-refractivity contribution in [2.24, 2.45) is 5.92 Å². The van der Waals surface area contributed by atoms with E-state index in [0.717, 1.165) is 19.4 Å². The minimum absolute atomic E-state index is 0.0883. The van der Waals surface area contributed by atoms with Gasteiger partial charge in [0, 0.05) is 6.04 Å². The lowest BCUT2D eigenvalue weighted by atomic mass is 9.91. The van der Waals surface area contributed by atoms with Gasteiger partial charge in [-0.2, -0.15) is 0 Å². The molecule has 1 aliphatic rings. The van der Waals surface area contributed by atoms with Gasteiger partial charge in [0.15, 0.2) is 0 Å². The molecule has 1 heterocycles. The van der Waals surface area contributed by atoms with Crippen LogP contribution in [0.25, 0.3) is 0 Å². The average molecular weight is 242 g/mol. The lowest BCUT2D eigenvalue weighted by molar-refractivity contribution is -0.147. The molecule has 0 saturated carbocycles. The van der Waals surface area contributed by atoms with Crippen molar-refractivity contribution in [1.82, 2.24) is 10.2 Å². The number of nitrogens with zero attached hydrogens (tertiary/aromatic N) is 1. The normalized spacial score (nSPS) is 24.7. The average Bonchev–Trinajstić information content (AvgIpc) is 2.25. The van der Waals surface area contributed by atoms with Gasteiger partial charge in [-0.15, -0.1) is 0 Å². The summed E-state index contributed by atoms with van der Waals surface area (Å²) < 4.78 is 0. The Morgan fingerprint density at radius 2 is 2.12 bits per heavy atom. The number of carboxylic acids is 1. The van der Waals surface area contributed by atoms with Crippen LogP contribution in [0.5, 0.6) is 0 Å². The van der Waals surface area contributed by atoms with Crippen molar-refractivity contribution in [1.29, 1.82) is 0 Å². The van der Waals surface area contributed by atoms with Crippen molar-refractivity contribution in [3.8, 4) is 0 Å². The summed E-state index contributed by atoms with van der Waals surface area (Å²) in [5, 5.41) is 12.0. The van der Waals surface area contributed by atoms with Gasteiger partial charge in [-0.05, 0) is 39.2 Å². The molecule has 1 aliphatic heterocycles. The lowest BCUT2D eigenvalue weighted by Crippen LogP contribution is -2.55. The monoisotopic (exact) mass is 242 g/mol. The van der Waals surface area contributed by atoms with Crippen LogP contribution in [0.1, 0.15) is 33.6 Å². The standard InChI is InChI=1S/C12H22N2O3/c1-8(2)14(7-10(15)16)12(17)11-9(3)5-4-6-13-11/h8-9,11,13H,4-7H2,1-3H3,(H,15,16). The first-order valence-electron chi connectivity index (χ1n) is 6.19. The molecule has 2 atom stereocenters. The maximum atomic E-state index is 12.3. The van der Waals surface area contributed by atoms with Gasteiger partial charge in [-0.25, -0.2) is 0 Å². The molecule has 0 aliphatic carbocycles. The van der Waals surface area contributed by atoms with Crippen LogP contribution >= 0.6 is 0 Å². The molecule has 0 aromatic rings. The fraction of sp³-hybridized carbons (Fsp3) is 0.833. The van der Waals surface area contributed by atoms with Gasteiger partial charge in [0.2, 0.25) is 5.91 Å². The number of aliphatic carboxylic acids is 1. The van der Waals surface area contributed by atoms with E-state index in [9.17, 15) is 9.59 Å². The van der Waals surface area contributed by atoms with E-state index in [1.54, 1.807) is 0 Å². The number of hydrogen-bond acceptors (Lipinski definition) is 3. The van der Waals surface area contributed by atoms with Crippen molar-refractivity contribution in [3.05, 3.63) is 0 Å². The fourth-order valence-electron chi connectivity index (χ4n) is 2.22. The third kappa shape index (κ3) is 3.70. The van der Waals surface area contributed by atoms with Gasteiger partial charge < -0.3 is 15.3 Å². The fourth-order valence-corrected chi connectivity index (χ4v) is 2.22. The van der Waals surface area contributed by atoms with Crippen molar-refractivity contribution >= 4 is 11.9 Å². The van der Waals surface area contributed by atoms with Crippen molar-refractivity contribution < 1.29 is 14.7 Å². The predicted molar refractivity (Wildman–Crippen MR) is 64.7 cm³/mol. The molecule has 1 amide bonds. The van der Waals surface area contributed by atoms with Crippen LogP contribution in [-0.4, -0.2) is 47.1 Å². The van der Waals surface area contributed by atoms with Crippen LogP contribution in [0, 0.1) is 5.92 Å². The van der Waals surface area contributed by atoms with Crippen LogP contribution in [0.3, 0.4) is 0 Å². The molecule has 0 radical (unpaired) electrons. The van der Waals surface area contributed by atoms with E-state index < -0.39 is 5.97 Å². The Morgan fingerprint density at radius 3 is 2.59 bits per heavy atom. The first-order chi connectivity index (χ1) is 7.93. The highest BCUT2D eigenvalue weighted by atomic mass is 16.4. The molecule has 2 unspecified atom stereocenters. The molecule has 1 saturated heterocycles. The van der Waals surface area contributed by atoms with Crippen LogP contribution in [-0.2, 0) is 9.59 Å². The van der Waals surface area contributed by atoms with Gasteiger partial charge in [-0.1, -0.05) is 6.92 Å². The smallest absolute Gasteiger partial charge is 0.323 e. The molecule has 1 fully saturated rings. The number of hydrogen-bond donors (Lipinski definition) is 2. The quantitative estimate of drug-likeness (QED) is 0.761. The lowest BCUT2D eigenvalue weighted by Gasteiger charge is -2.35. The molecule has 1 rings (SSSR count). The second-order valence-corrected chi connectivity index (χ2v) is 5.00. The minimum atomic E-state index is -0.962. The van der Waals surface area contributed by atoms with Crippen molar-refractivity contribution in [2.75, 3.05) is 13.1 Å². The first-order valence-corrected chi connectivity index (χ1v) is 6.19. The number of carbonyl (C=O) groups excluding carboxylic acids is 1. The largest absolute Gasteiger partial charge is 0.480 e. The van der Waals surface area contributed by atoms with E-state index >= 15 is 0 Å². The molecule has 5 heteroatoms. The Kier molecular flexibility index (Phi) is 4.93. The molecule has 0 bridgehead atoms. The molecule has 2 N–H and O–H groups in total. The van der Waals surface area contributed by atoms with Crippen LogP contribution < -0.4 is 5.32 Å². The Labute approximate surface area is 102 Å². The Balaban J connectivity index is 2.72. The van der Waals surface area contributed by atoms with E-state index in [2.05, 4.69) is 5.32 Å². The summed E-state index contributed by atoms with van der Waals surface area (Å²) in [6.45, 7) is 6.33. The summed E-state index contributed by atoms with van der Waals surface area (Å²) in [6, 6.07) is -0.319. The Hall–Kier alpha value is -1.10. The summed E-state index contributed by atoms with van der Waals surface area (Å²) in [4.78, 5) is 24.5. The summed E-state index contributed by atoms with van der Waals surface area (Å²) in [5.41, 5.74) is 0. The zero-order valence-electron chi connectivity index (χ0n) is 10.8. The molecule has 98 valence electrons. The molecular formula is C12H22N2O3.